The lowest BCUT2D eigenvalue weighted by Crippen LogP contribution is -2.14. The molecule has 108 valence electrons. The number of ketones is 1. The Morgan fingerprint density at radius 3 is 2.52 bits per heavy atom. The molecule has 0 radical (unpaired) electrons. The highest BCUT2D eigenvalue weighted by molar-refractivity contribution is 9.10. The predicted molar refractivity (Wildman–Crippen MR) is 87.9 cm³/mol. The van der Waals surface area contributed by atoms with Crippen molar-refractivity contribution in [2.75, 3.05) is 5.32 Å². The quantitative estimate of drug-likeness (QED) is 0.798. The van der Waals surface area contributed by atoms with Crippen LogP contribution in [0, 0.1) is 0 Å². The minimum Gasteiger partial charge on any atom is -0.325 e. The second-order valence-corrected chi connectivity index (χ2v) is 5.72. The molecule has 5 heteroatoms. The number of hydrogen-bond donors (Lipinski definition) is 1. The number of benzene rings is 2. The average molecular weight is 367 g/mol. The van der Waals surface area contributed by atoms with Crippen molar-refractivity contribution in [1.29, 1.82) is 0 Å². The molecule has 3 nitrogen and oxygen atoms in total. The number of rotatable bonds is 4. The lowest BCUT2D eigenvalue weighted by atomic mass is 10.0. The third kappa shape index (κ3) is 3.71. The van der Waals surface area contributed by atoms with Crippen molar-refractivity contribution >= 4 is 44.9 Å². The van der Waals surface area contributed by atoms with Crippen LogP contribution < -0.4 is 5.32 Å². The van der Waals surface area contributed by atoms with Gasteiger partial charge in [0.25, 0.3) is 0 Å². The second kappa shape index (κ2) is 6.87. The molecule has 0 atom stereocenters. The van der Waals surface area contributed by atoms with E-state index in [9.17, 15) is 9.59 Å². The van der Waals surface area contributed by atoms with Gasteiger partial charge in [0.2, 0.25) is 5.91 Å². The molecule has 1 N–H and O–H groups in total. The molecular formula is C16H13BrClNO2. The molecular weight excluding hydrogens is 354 g/mol. The van der Waals surface area contributed by atoms with E-state index in [0.717, 1.165) is 4.47 Å². The fourth-order valence-corrected chi connectivity index (χ4v) is 2.43. The molecule has 0 heterocycles. The van der Waals surface area contributed by atoms with E-state index < -0.39 is 0 Å². The standard InChI is InChI=1S/C16H13BrClNO2/c1-2-15(20)19-14-8-7-10(17)9-12(14)16(21)11-5-3-4-6-13(11)18/h3-9H,2H2,1H3,(H,19,20). The molecule has 0 aliphatic carbocycles. The summed E-state index contributed by atoms with van der Waals surface area (Å²) in [5, 5.41) is 3.12. The van der Waals surface area contributed by atoms with Crippen molar-refractivity contribution < 1.29 is 9.59 Å². The molecule has 0 aliphatic rings. The second-order valence-electron chi connectivity index (χ2n) is 4.40. The van der Waals surface area contributed by atoms with Crippen LogP contribution in [0.15, 0.2) is 46.9 Å². The van der Waals surface area contributed by atoms with Crippen LogP contribution in [0.3, 0.4) is 0 Å². The van der Waals surface area contributed by atoms with E-state index in [1.54, 1.807) is 49.4 Å². The summed E-state index contributed by atoms with van der Waals surface area (Å²) in [6, 6.07) is 12.0. The maximum Gasteiger partial charge on any atom is 0.224 e. The van der Waals surface area contributed by atoms with Crippen molar-refractivity contribution in [1.82, 2.24) is 0 Å². The van der Waals surface area contributed by atoms with E-state index in [0.29, 0.717) is 28.3 Å². The zero-order valence-corrected chi connectivity index (χ0v) is 13.7. The number of nitrogens with one attached hydrogen (secondary N) is 1. The van der Waals surface area contributed by atoms with Gasteiger partial charge in [0.15, 0.2) is 5.78 Å². The monoisotopic (exact) mass is 365 g/mol. The van der Waals surface area contributed by atoms with E-state index in [4.69, 9.17) is 11.6 Å². The Hall–Kier alpha value is -1.65. The molecule has 1 amide bonds. The summed E-state index contributed by atoms with van der Waals surface area (Å²) in [4.78, 5) is 24.2. The third-order valence-electron chi connectivity index (χ3n) is 2.94. The maximum absolute atomic E-state index is 12.7. The first-order chi connectivity index (χ1) is 10.0. The lowest BCUT2D eigenvalue weighted by molar-refractivity contribution is -0.115. The molecule has 0 fully saturated rings. The van der Waals surface area contributed by atoms with Crippen LogP contribution in [0.1, 0.15) is 29.3 Å². The Balaban J connectivity index is 2.47. The zero-order valence-electron chi connectivity index (χ0n) is 11.3. The van der Waals surface area contributed by atoms with Crippen LogP contribution in [-0.4, -0.2) is 11.7 Å². The Morgan fingerprint density at radius 2 is 1.86 bits per heavy atom. The van der Waals surface area contributed by atoms with Crippen LogP contribution in [0.5, 0.6) is 0 Å². The first-order valence-corrected chi connectivity index (χ1v) is 7.58. The zero-order chi connectivity index (χ0) is 15.4. The maximum atomic E-state index is 12.7. The number of carbonyl (C=O) groups is 2. The van der Waals surface area contributed by atoms with Crippen molar-refractivity contribution in [3.05, 3.63) is 63.1 Å². The molecule has 0 spiro atoms. The van der Waals surface area contributed by atoms with E-state index in [2.05, 4.69) is 21.2 Å². The summed E-state index contributed by atoms with van der Waals surface area (Å²) < 4.78 is 0.757. The van der Waals surface area contributed by atoms with E-state index >= 15 is 0 Å². The SMILES string of the molecule is CCC(=O)Nc1ccc(Br)cc1C(=O)c1ccccc1Cl. The Morgan fingerprint density at radius 1 is 1.14 bits per heavy atom. The number of amides is 1. The normalized spacial score (nSPS) is 10.2. The Labute approximate surface area is 136 Å². The van der Waals surface area contributed by atoms with Crippen molar-refractivity contribution in [3.63, 3.8) is 0 Å². The molecule has 0 aromatic heterocycles. The third-order valence-corrected chi connectivity index (χ3v) is 3.76. The van der Waals surface area contributed by atoms with Gasteiger partial charge < -0.3 is 5.32 Å². The van der Waals surface area contributed by atoms with E-state index in [1.165, 1.54) is 0 Å². The minimum atomic E-state index is -0.228. The minimum absolute atomic E-state index is 0.148. The summed E-state index contributed by atoms with van der Waals surface area (Å²) in [6.07, 6.45) is 0.343. The molecule has 21 heavy (non-hydrogen) atoms. The average Bonchev–Trinajstić information content (AvgIpc) is 2.48. The van der Waals surface area contributed by atoms with Crippen molar-refractivity contribution in [2.24, 2.45) is 0 Å². The van der Waals surface area contributed by atoms with Gasteiger partial charge in [-0.25, -0.2) is 0 Å². The van der Waals surface area contributed by atoms with E-state index in [-0.39, 0.29) is 11.7 Å². The molecule has 2 aromatic carbocycles. The summed E-state index contributed by atoms with van der Waals surface area (Å²) in [6.45, 7) is 1.75. The first-order valence-electron chi connectivity index (χ1n) is 6.41. The van der Waals surface area contributed by atoms with Crippen molar-refractivity contribution in [3.8, 4) is 0 Å². The molecule has 0 bridgehead atoms. The van der Waals surface area contributed by atoms with E-state index in [1.807, 2.05) is 0 Å². The van der Waals surface area contributed by atoms with Gasteiger partial charge >= 0.3 is 0 Å². The fraction of sp³-hybridized carbons (Fsp3) is 0.125. The number of anilines is 1. The van der Waals surface area contributed by atoms with Gasteiger partial charge in [-0.15, -0.1) is 0 Å². The van der Waals surface area contributed by atoms with Gasteiger partial charge in [0, 0.05) is 22.0 Å². The number of carbonyl (C=O) groups excluding carboxylic acids is 2. The Bertz CT molecular complexity index is 700. The predicted octanol–water partition coefficient (Wildman–Crippen LogP) is 4.68. The summed E-state index contributed by atoms with van der Waals surface area (Å²) in [5.41, 5.74) is 1.29. The molecule has 0 saturated carbocycles. The van der Waals surface area contributed by atoms with Gasteiger partial charge in [-0.2, -0.15) is 0 Å². The summed E-state index contributed by atoms with van der Waals surface area (Å²) in [5.74, 6) is -0.376. The highest BCUT2D eigenvalue weighted by atomic mass is 79.9. The van der Waals surface area contributed by atoms with Gasteiger partial charge in [-0.1, -0.05) is 46.6 Å². The highest BCUT2D eigenvalue weighted by Gasteiger charge is 2.17. The van der Waals surface area contributed by atoms with Gasteiger partial charge in [0.1, 0.15) is 0 Å². The molecule has 0 unspecified atom stereocenters. The fourth-order valence-electron chi connectivity index (χ4n) is 1.84. The van der Waals surface area contributed by atoms with Crippen LogP contribution >= 0.6 is 27.5 Å². The molecule has 2 rings (SSSR count). The summed E-state index contributed by atoms with van der Waals surface area (Å²) >= 11 is 9.42. The molecule has 0 aliphatic heterocycles. The van der Waals surface area contributed by atoms with Gasteiger partial charge in [-0.05, 0) is 30.3 Å². The van der Waals surface area contributed by atoms with Crippen molar-refractivity contribution in [2.45, 2.75) is 13.3 Å². The van der Waals surface area contributed by atoms with Crippen LogP contribution in [0.2, 0.25) is 5.02 Å². The topological polar surface area (TPSA) is 46.2 Å². The number of hydrogen-bond acceptors (Lipinski definition) is 2. The van der Waals surface area contributed by atoms with Crippen LogP contribution in [0.4, 0.5) is 5.69 Å². The Kier molecular flexibility index (Phi) is 5.15. The van der Waals surface area contributed by atoms with Gasteiger partial charge in [0.05, 0.1) is 10.7 Å². The molecule has 2 aromatic rings. The highest BCUT2D eigenvalue weighted by Crippen LogP contribution is 2.26. The van der Waals surface area contributed by atoms with Crippen LogP contribution in [-0.2, 0) is 4.79 Å². The molecule has 0 saturated heterocycles. The lowest BCUT2D eigenvalue weighted by Gasteiger charge is -2.11. The largest absolute Gasteiger partial charge is 0.325 e. The number of halogens is 2. The summed E-state index contributed by atoms with van der Waals surface area (Å²) in [7, 11) is 0. The first kappa shape index (κ1) is 15.7. The smallest absolute Gasteiger partial charge is 0.224 e. The van der Waals surface area contributed by atoms with Gasteiger partial charge in [-0.3, -0.25) is 9.59 Å². The van der Waals surface area contributed by atoms with Crippen LogP contribution in [0.25, 0.3) is 0 Å².